The van der Waals surface area contributed by atoms with E-state index in [0.717, 1.165) is 49.9 Å². The van der Waals surface area contributed by atoms with E-state index in [1.54, 1.807) is 0 Å². The molecule has 4 bridgehead atoms. The Labute approximate surface area is 159 Å². The fraction of sp³-hybridized carbons (Fsp3) is 0.955. The molecule has 26 heavy (non-hydrogen) atoms. The maximum absolute atomic E-state index is 13.4. The van der Waals surface area contributed by atoms with Crippen LogP contribution in [0.25, 0.3) is 0 Å². The Morgan fingerprint density at radius 3 is 2.23 bits per heavy atom. The molecular formula is C22H37N3O. The molecule has 0 aromatic rings. The standard InChI is InChI=1S/C22H37N3O/c1-24-6-7-25(14-16-4-2-3-5-16)20(15-24)21(26)23-22-11-17-8-18(12-22)10-19(9-17)13-22/h16-20H,2-15H2,1H3,(H,23,26)/t17?,18?,19?,20-,22?/m1/s1. The number of nitrogens with zero attached hydrogens (tertiary/aromatic N) is 2. The van der Waals surface area contributed by atoms with Gasteiger partial charge in [0.2, 0.25) is 5.91 Å². The summed E-state index contributed by atoms with van der Waals surface area (Å²) in [5.74, 6) is 3.85. The van der Waals surface area contributed by atoms with Gasteiger partial charge in [0.1, 0.15) is 6.04 Å². The molecule has 6 fully saturated rings. The van der Waals surface area contributed by atoms with Crippen LogP contribution in [0.4, 0.5) is 0 Å². The summed E-state index contributed by atoms with van der Waals surface area (Å²) < 4.78 is 0. The molecule has 1 heterocycles. The molecule has 5 aliphatic carbocycles. The van der Waals surface area contributed by atoms with Gasteiger partial charge < -0.3 is 10.2 Å². The number of hydrogen-bond donors (Lipinski definition) is 1. The summed E-state index contributed by atoms with van der Waals surface area (Å²) in [6.07, 6.45) is 13.6. The van der Waals surface area contributed by atoms with Crippen LogP contribution in [0.3, 0.4) is 0 Å². The van der Waals surface area contributed by atoms with Crippen molar-refractivity contribution in [2.45, 2.75) is 75.8 Å². The number of amides is 1. The number of nitrogens with one attached hydrogen (secondary N) is 1. The van der Waals surface area contributed by atoms with E-state index in [0.29, 0.717) is 5.91 Å². The molecule has 0 unspecified atom stereocenters. The molecule has 1 atom stereocenters. The van der Waals surface area contributed by atoms with Crippen LogP contribution in [0.5, 0.6) is 0 Å². The number of rotatable bonds is 4. The highest BCUT2D eigenvalue weighted by Crippen LogP contribution is 2.55. The molecule has 6 rings (SSSR count). The number of likely N-dealkylation sites (N-methyl/N-ethyl adjacent to an activating group) is 1. The Bertz CT molecular complexity index is 506. The van der Waals surface area contributed by atoms with Gasteiger partial charge in [0.15, 0.2) is 0 Å². The Morgan fingerprint density at radius 2 is 1.62 bits per heavy atom. The zero-order valence-electron chi connectivity index (χ0n) is 16.6. The van der Waals surface area contributed by atoms with Gasteiger partial charge in [-0.15, -0.1) is 0 Å². The molecule has 4 nitrogen and oxygen atoms in total. The van der Waals surface area contributed by atoms with Gasteiger partial charge in [-0.2, -0.15) is 0 Å². The average molecular weight is 360 g/mol. The van der Waals surface area contributed by atoms with Crippen molar-refractivity contribution < 1.29 is 4.79 Å². The molecular weight excluding hydrogens is 322 g/mol. The highest BCUT2D eigenvalue weighted by Gasteiger charge is 2.52. The molecule has 1 N–H and O–H groups in total. The Kier molecular flexibility index (Phi) is 4.55. The van der Waals surface area contributed by atoms with Crippen molar-refractivity contribution in [2.24, 2.45) is 23.7 Å². The van der Waals surface area contributed by atoms with Gasteiger partial charge in [-0.1, -0.05) is 12.8 Å². The van der Waals surface area contributed by atoms with Gasteiger partial charge in [0.25, 0.3) is 0 Å². The monoisotopic (exact) mass is 359 g/mol. The zero-order valence-corrected chi connectivity index (χ0v) is 16.6. The Balaban J connectivity index is 1.28. The highest BCUT2D eigenvalue weighted by atomic mass is 16.2. The SMILES string of the molecule is CN1CCN(CC2CCCC2)[C@@H](C(=O)NC23CC4CC(CC(C4)C2)C3)C1. The van der Waals surface area contributed by atoms with E-state index in [9.17, 15) is 4.79 Å². The molecule has 4 heteroatoms. The minimum absolute atomic E-state index is 0.0716. The average Bonchev–Trinajstić information content (AvgIpc) is 3.08. The summed E-state index contributed by atoms with van der Waals surface area (Å²) in [4.78, 5) is 18.3. The van der Waals surface area contributed by atoms with E-state index in [1.165, 1.54) is 64.2 Å². The molecule has 0 aromatic heterocycles. The maximum Gasteiger partial charge on any atom is 0.239 e. The first-order valence-electron chi connectivity index (χ1n) is 11.3. The number of piperazine rings is 1. The van der Waals surface area contributed by atoms with Crippen LogP contribution in [0, 0.1) is 23.7 Å². The van der Waals surface area contributed by atoms with Crippen LogP contribution < -0.4 is 5.32 Å². The lowest BCUT2D eigenvalue weighted by molar-refractivity contribution is -0.134. The van der Waals surface area contributed by atoms with Gasteiger partial charge in [-0.25, -0.2) is 0 Å². The lowest BCUT2D eigenvalue weighted by Crippen LogP contribution is -2.65. The third-order valence-electron chi connectivity index (χ3n) is 8.39. The summed E-state index contributed by atoms with van der Waals surface area (Å²) in [7, 11) is 2.18. The van der Waals surface area contributed by atoms with Crippen molar-refractivity contribution in [1.29, 1.82) is 0 Å². The topological polar surface area (TPSA) is 35.6 Å². The van der Waals surface area contributed by atoms with Crippen LogP contribution >= 0.6 is 0 Å². The molecule has 1 amide bonds. The fourth-order valence-corrected chi connectivity index (χ4v) is 7.56. The normalized spacial score (nSPS) is 43.9. The Hall–Kier alpha value is -0.610. The fourth-order valence-electron chi connectivity index (χ4n) is 7.56. The van der Waals surface area contributed by atoms with Crippen LogP contribution in [-0.4, -0.2) is 60.5 Å². The minimum Gasteiger partial charge on any atom is -0.349 e. The first kappa shape index (κ1) is 17.5. The summed E-state index contributed by atoms with van der Waals surface area (Å²) >= 11 is 0. The predicted octanol–water partition coefficient (Wildman–Crippen LogP) is 2.88. The second kappa shape index (κ2) is 6.77. The third kappa shape index (κ3) is 3.32. The number of carbonyl (C=O) groups is 1. The van der Waals surface area contributed by atoms with Gasteiger partial charge in [0, 0.05) is 31.7 Å². The first-order valence-corrected chi connectivity index (χ1v) is 11.3. The van der Waals surface area contributed by atoms with Crippen molar-refractivity contribution in [3.8, 4) is 0 Å². The second-order valence-electron chi connectivity index (χ2n) is 10.6. The smallest absolute Gasteiger partial charge is 0.239 e. The van der Waals surface area contributed by atoms with Crippen LogP contribution in [0.15, 0.2) is 0 Å². The third-order valence-corrected chi connectivity index (χ3v) is 8.39. The summed E-state index contributed by atoms with van der Waals surface area (Å²) in [5, 5.41) is 3.66. The molecule has 5 saturated carbocycles. The lowest BCUT2D eigenvalue weighted by atomic mass is 9.53. The van der Waals surface area contributed by atoms with Gasteiger partial charge in [-0.05, 0) is 82.1 Å². The second-order valence-corrected chi connectivity index (χ2v) is 10.6. The molecule has 0 spiro atoms. The van der Waals surface area contributed by atoms with Gasteiger partial charge in [0.05, 0.1) is 0 Å². The predicted molar refractivity (Wildman–Crippen MR) is 104 cm³/mol. The maximum atomic E-state index is 13.4. The first-order chi connectivity index (χ1) is 12.6. The van der Waals surface area contributed by atoms with E-state index in [1.807, 2.05) is 0 Å². The van der Waals surface area contributed by atoms with Crippen molar-refractivity contribution in [3.63, 3.8) is 0 Å². The molecule has 1 aliphatic heterocycles. The van der Waals surface area contributed by atoms with E-state index in [4.69, 9.17) is 0 Å². The minimum atomic E-state index is 0.0716. The largest absolute Gasteiger partial charge is 0.349 e. The molecule has 0 radical (unpaired) electrons. The molecule has 1 saturated heterocycles. The summed E-state index contributed by atoms with van der Waals surface area (Å²) in [6, 6.07) is 0.0716. The van der Waals surface area contributed by atoms with Crippen molar-refractivity contribution in [1.82, 2.24) is 15.1 Å². The molecule has 146 valence electrons. The molecule has 0 aromatic carbocycles. The van der Waals surface area contributed by atoms with Crippen LogP contribution in [0.2, 0.25) is 0 Å². The van der Waals surface area contributed by atoms with Crippen molar-refractivity contribution in [3.05, 3.63) is 0 Å². The summed E-state index contributed by atoms with van der Waals surface area (Å²) in [6.45, 7) is 4.22. The van der Waals surface area contributed by atoms with E-state index in [-0.39, 0.29) is 11.6 Å². The Morgan fingerprint density at radius 1 is 1.00 bits per heavy atom. The van der Waals surface area contributed by atoms with Crippen LogP contribution in [0.1, 0.15) is 64.2 Å². The van der Waals surface area contributed by atoms with E-state index >= 15 is 0 Å². The van der Waals surface area contributed by atoms with Crippen molar-refractivity contribution in [2.75, 3.05) is 33.2 Å². The molecule has 6 aliphatic rings. The van der Waals surface area contributed by atoms with Crippen LogP contribution in [-0.2, 0) is 4.79 Å². The quantitative estimate of drug-likeness (QED) is 0.838. The number of hydrogen-bond acceptors (Lipinski definition) is 3. The van der Waals surface area contributed by atoms with E-state index < -0.39 is 0 Å². The zero-order chi connectivity index (χ0) is 17.7. The summed E-state index contributed by atoms with van der Waals surface area (Å²) in [5.41, 5.74) is 0.154. The highest BCUT2D eigenvalue weighted by molar-refractivity contribution is 5.83. The van der Waals surface area contributed by atoms with Crippen molar-refractivity contribution >= 4 is 5.91 Å². The van der Waals surface area contributed by atoms with Gasteiger partial charge in [-0.3, -0.25) is 9.69 Å². The lowest BCUT2D eigenvalue weighted by Gasteiger charge is -2.57. The number of carbonyl (C=O) groups excluding carboxylic acids is 1. The van der Waals surface area contributed by atoms with E-state index in [2.05, 4.69) is 22.2 Å². The van der Waals surface area contributed by atoms with Gasteiger partial charge >= 0.3 is 0 Å².